The summed E-state index contributed by atoms with van der Waals surface area (Å²) >= 11 is 0. The molecule has 5 heteroatoms. The number of benzene rings is 1. The smallest absolute Gasteiger partial charge is 0.243 e. The summed E-state index contributed by atoms with van der Waals surface area (Å²) in [5.74, 6) is 0.453. The summed E-state index contributed by atoms with van der Waals surface area (Å²) in [7, 11) is -1.38. The molecule has 1 fully saturated rings. The number of nitrogens with zero attached hydrogens (tertiary/aromatic N) is 1. The zero-order chi connectivity index (χ0) is 15.3. The van der Waals surface area contributed by atoms with E-state index in [2.05, 4.69) is 12.2 Å². The molecule has 1 heterocycles. The average Bonchev–Trinajstić information content (AvgIpc) is 2.48. The molecule has 0 radical (unpaired) electrons. The van der Waals surface area contributed by atoms with E-state index in [1.54, 1.807) is 16.4 Å². The van der Waals surface area contributed by atoms with Gasteiger partial charge in [-0.15, -0.1) is 0 Å². The van der Waals surface area contributed by atoms with Crippen LogP contribution in [0.2, 0.25) is 0 Å². The van der Waals surface area contributed by atoms with E-state index in [1.807, 2.05) is 19.2 Å². The minimum Gasteiger partial charge on any atom is -0.320 e. The van der Waals surface area contributed by atoms with E-state index in [4.69, 9.17) is 0 Å². The van der Waals surface area contributed by atoms with Crippen molar-refractivity contribution in [1.29, 1.82) is 0 Å². The predicted molar refractivity (Wildman–Crippen MR) is 85.8 cm³/mol. The molecule has 1 aromatic rings. The Morgan fingerprint density at radius 3 is 2.62 bits per heavy atom. The summed E-state index contributed by atoms with van der Waals surface area (Å²) in [5, 5.41) is 3.12. The SMILES string of the molecule is CNCCCc1ccc(S(=O)(=O)N2CCCC(C)C2)cc1. The first-order valence-electron chi connectivity index (χ1n) is 7.77. The lowest BCUT2D eigenvalue weighted by atomic mass is 10.0. The molecule has 1 aromatic carbocycles. The number of nitrogens with one attached hydrogen (secondary N) is 1. The van der Waals surface area contributed by atoms with Gasteiger partial charge in [0.2, 0.25) is 10.0 Å². The summed E-state index contributed by atoms with van der Waals surface area (Å²) in [6.07, 6.45) is 4.12. The molecule has 118 valence electrons. The third-order valence-corrected chi connectivity index (χ3v) is 5.95. The van der Waals surface area contributed by atoms with Gasteiger partial charge in [0.05, 0.1) is 4.90 Å². The molecule has 21 heavy (non-hydrogen) atoms. The highest BCUT2D eigenvalue weighted by Crippen LogP contribution is 2.23. The second kappa shape index (κ2) is 7.38. The molecule has 1 saturated heterocycles. The summed E-state index contributed by atoms with van der Waals surface area (Å²) in [6.45, 7) is 4.39. The van der Waals surface area contributed by atoms with Crippen molar-refractivity contribution in [2.75, 3.05) is 26.7 Å². The number of hydrogen-bond acceptors (Lipinski definition) is 3. The normalized spacial score (nSPS) is 20.6. The third-order valence-electron chi connectivity index (χ3n) is 4.07. The van der Waals surface area contributed by atoms with Gasteiger partial charge in [-0.25, -0.2) is 8.42 Å². The van der Waals surface area contributed by atoms with Gasteiger partial charge in [-0.3, -0.25) is 0 Å². The van der Waals surface area contributed by atoms with E-state index in [9.17, 15) is 8.42 Å². The van der Waals surface area contributed by atoms with Gasteiger partial charge < -0.3 is 5.32 Å². The van der Waals surface area contributed by atoms with Crippen LogP contribution in [0.25, 0.3) is 0 Å². The quantitative estimate of drug-likeness (QED) is 0.820. The molecule has 0 aromatic heterocycles. The molecule has 0 spiro atoms. The Morgan fingerprint density at radius 1 is 1.29 bits per heavy atom. The molecular weight excluding hydrogens is 284 g/mol. The highest BCUT2D eigenvalue weighted by molar-refractivity contribution is 7.89. The highest BCUT2D eigenvalue weighted by Gasteiger charge is 2.28. The molecule has 1 N–H and O–H groups in total. The van der Waals surface area contributed by atoms with Crippen LogP contribution in [0.5, 0.6) is 0 Å². The van der Waals surface area contributed by atoms with E-state index in [1.165, 1.54) is 5.56 Å². The minimum atomic E-state index is -3.32. The fraction of sp³-hybridized carbons (Fsp3) is 0.625. The highest BCUT2D eigenvalue weighted by atomic mass is 32.2. The Labute approximate surface area is 128 Å². The maximum atomic E-state index is 12.6. The lowest BCUT2D eigenvalue weighted by Crippen LogP contribution is -2.39. The molecule has 0 amide bonds. The molecule has 0 bridgehead atoms. The lowest BCUT2D eigenvalue weighted by Gasteiger charge is -2.30. The first-order valence-corrected chi connectivity index (χ1v) is 9.21. The first-order chi connectivity index (χ1) is 10.0. The van der Waals surface area contributed by atoms with Gasteiger partial charge in [-0.1, -0.05) is 19.1 Å². The van der Waals surface area contributed by atoms with E-state index < -0.39 is 10.0 Å². The summed E-state index contributed by atoms with van der Waals surface area (Å²) in [5.41, 5.74) is 1.19. The van der Waals surface area contributed by atoms with Gasteiger partial charge in [0, 0.05) is 13.1 Å². The van der Waals surface area contributed by atoms with Crippen LogP contribution in [0.3, 0.4) is 0 Å². The molecule has 0 aliphatic carbocycles. The van der Waals surface area contributed by atoms with Crippen molar-refractivity contribution in [1.82, 2.24) is 9.62 Å². The van der Waals surface area contributed by atoms with E-state index >= 15 is 0 Å². The standard InChI is InChI=1S/C16H26N2O2S/c1-14-5-4-12-18(13-14)21(19,20)16-9-7-15(8-10-16)6-3-11-17-2/h7-10,14,17H,3-6,11-13H2,1-2H3. The fourth-order valence-corrected chi connectivity index (χ4v) is 4.41. The second-order valence-corrected chi connectivity index (χ2v) is 7.90. The van der Waals surface area contributed by atoms with E-state index in [0.717, 1.165) is 32.2 Å². The zero-order valence-electron chi connectivity index (χ0n) is 13.0. The molecule has 0 saturated carbocycles. The molecule has 1 atom stereocenters. The Kier molecular flexibility index (Phi) is 5.79. The third kappa shape index (κ3) is 4.28. The van der Waals surface area contributed by atoms with Crippen molar-refractivity contribution in [3.8, 4) is 0 Å². The van der Waals surface area contributed by atoms with Crippen LogP contribution < -0.4 is 5.32 Å². The summed E-state index contributed by atoms with van der Waals surface area (Å²) < 4.78 is 26.9. The minimum absolute atomic E-state index is 0.425. The Morgan fingerprint density at radius 2 is 2.00 bits per heavy atom. The van der Waals surface area contributed by atoms with Crippen LogP contribution in [0.4, 0.5) is 0 Å². The van der Waals surface area contributed by atoms with Crippen molar-refractivity contribution >= 4 is 10.0 Å². The van der Waals surface area contributed by atoms with Crippen LogP contribution in [-0.2, 0) is 16.4 Å². The number of rotatable bonds is 6. The number of piperidine rings is 1. The second-order valence-electron chi connectivity index (χ2n) is 5.96. The van der Waals surface area contributed by atoms with Crippen molar-refractivity contribution in [2.45, 2.75) is 37.5 Å². The van der Waals surface area contributed by atoms with Crippen LogP contribution >= 0.6 is 0 Å². The first kappa shape index (κ1) is 16.5. The number of hydrogen-bond donors (Lipinski definition) is 1. The Balaban J connectivity index is 2.06. The molecule has 1 unspecified atom stereocenters. The van der Waals surface area contributed by atoms with E-state index in [-0.39, 0.29) is 0 Å². The Bertz CT molecular complexity index is 540. The van der Waals surface area contributed by atoms with Gasteiger partial charge in [0.25, 0.3) is 0 Å². The molecule has 1 aliphatic rings. The maximum Gasteiger partial charge on any atom is 0.243 e. The van der Waals surface area contributed by atoms with Gasteiger partial charge in [0.15, 0.2) is 0 Å². The molecule has 2 rings (SSSR count). The van der Waals surface area contributed by atoms with Crippen molar-refractivity contribution in [3.05, 3.63) is 29.8 Å². The maximum absolute atomic E-state index is 12.6. The summed E-state index contributed by atoms with van der Waals surface area (Å²) in [6, 6.07) is 7.39. The Hall–Kier alpha value is -0.910. The van der Waals surface area contributed by atoms with Gasteiger partial charge in [0.1, 0.15) is 0 Å². The number of sulfonamides is 1. The van der Waals surface area contributed by atoms with Crippen molar-refractivity contribution in [3.63, 3.8) is 0 Å². The monoisotopic (exact) mass is 310 g/mol. The van der Waals surface area contributed by atoms with Crippen LogP contribution in [0.1, 0.15) is 31.7 Å². The topological polar surface area (TPSA) is 49.4 Å². The van der Waals surface area contributed by atoms with Crippen molar-refractivity contribution < 1.29 is 8.42 Å². The molecule has 4 nitrogen and oxygen atoms in total. The van der Waals surface area contributed by atoms with Gasteiger partial charge in [-0.05, 0) is 62.9 Å². The van der Waals surface area contributed by atoms with Crippen LogP contribution in [-0.4, -0.2) is 39.4 Å². The number of aryl methyl sites for hydroxylation is 1. The van der Waals surface area contributed by atoms with Gasteiger partial charge >= 0.3 is 0 Å². The average molecular weight is 310 g/mol. The molecule has 1 aliphatic heterocycles. The fourth-order valence-electron chi connectivity index (χ4n) is 2.81. The molecular formula is C16H26N2O2S. The largest absolute Gasteiger partial charge is 0.320 e. The van der Waals surface area contributed by atoms with Crippen molar-refractivity contribution in [2.24, 2.45) is 5.92 Å². The van der Waals surface area contributed by atoms with E-state index in [0.29, 0.717) is 23.9 Å². The lowest BCUT2D eigenvalue weighted by molar-refractivity contribution is 0.281. The van der Waals surface area contributed by atoms with Crippen LogP contribution in [0.15, 0.2) is 29.2 Å². The summed E-state index contributed by atoms with van der Waals surface area (Å²) in [4.78, 5) is 0.425. The van der Waals surface area contributed by atoms with Gasteiger partial charge in [-0.2, -0.15) is 4.31 Å². The van der Waals surface area contributed by atoms with Crippen LogP contribution in [0, 0.1) is 5.92 Å². The predicted octanol–water partition coefficient (Wildman–Crippen LogP) is 2.26. The zero-order valence-corrected chi connectivity index (χ0v) is 13.8.